The molecule has 5 aliphatic rings. The number of nitrogens with two attached hydrogens (primary N) is 2. The number of primary amides is 1. The zero-order valence-corrected chi connectivity index (χ0v) is 19.9. The molecule has 6 rings (SSSR count). The van der Waals surface area contributed by atoms with E-state index >= 15 is 0 Å². The molecule has 1 aromatic carbocycles. The highest BCUT2D eigenvalue weighted by molar-refractivity contribution is 5.90. The van der Waals surface area contributed by atoms with Gasteiger partial charge in [0.15, 0.2) is 0 Å². The minimum absolute atomic E-state index is 0.113. The Kier molecular flexibility index (Phi) is 5.79. The molecule has 182 valence electrons. The second kappa shape index (κ2) is 8.53. The topological polar surface area (TPSA) is 112 Å². The third-order valence-corrected chi connectivity index (χ3v) is 9.18. The summed E-state index contributed by atoms with van der Waals surface area (Å²) in [5.41, 5.74) is 12.6. The van der Waals surface area contributed by atoms with E-state index in [1.54, 1.807) is 12.1 Å². The van der Waals surface area contributed by atoms with Gasteiger partial charge in [-0.1, -0.05) is 0 Å². The summed E-state index contributed by atoms with van der Waals surface area (Å²) in [5.74, 6) is 1.42. The van der Waals surface area contributed by atoms with E-state index in [4.69, 9.17) is 16.5 Å². The lowest BCUT2D eigenvalue weighted by atomic mass is 9.48. The van der Waals surface area contributed by atoms with Crippen molar-refractivity contribution in [3.63, 3.8) is 0 Å². The highest BCUT2D eigenvalue weighted by Gasteiger charge is 2.58. The van der Waals surface area contributed by atoms with Crippen molar-refractivity contribution in [1.29, 1.82) is 5.26 Å². The van der Waals surface area contributed by atoms with Crippen LogP contribution < -0.4 is 16.4 Å². The Hall–Kier alpha value is -2.66. The number of anilines is 1. The van der Waals surface area contributed by atoms with Crippen LogP contribution in [-0.2, 0) is 4.79 Å². The van der Waals surface area contributed by atoms with Crippen LogP contribution in [0.1, 0.15) is 45.4 Å². The molecule has 7 nitrogen and oxygen atoms in total. The molecule has 4 bridgehead atoms. The zero-order valence-electron chi connectivity index (χ0n) is 19.9. The highest BCUT2D eigenvalue weighted by atomic mass is 19.1. The summed E-state index contributed by atoms with van der Waals surface area (Å²) in [6, 6.07) is 9.04. The van der Waals surface area contributed by atoms with Crippen molar-refractivity contribution in [3.8, 4) is 6.07 Å². The van der Waals surface area contributed by atoms with Crippen LogP contribution in [0, 0.1) is 40.3 Å². The van der Waals surface area contributed by atoms with Gasteiger partial charge in [0.25, 0.3) is 0 Å². The number of rotatable bonds is 6. The number of aliphatic imine (C=N–C) groups is 1. The summed E-state index contributed by atoms with van der Waals surface area (Å²) in [4.78, 5) is 21.9. The van der Waals surface area contributed by atoms with Crippen molar-refractivity contribution >= 4 is 17.4 Å². The monoisotopic (exact) mass is 466 g/mol. The van der Waals surface area contributed by atoms with E-state index in [1.807, 2.05) is 6.92 Å². The van der Waals surface area contributed by atoms with E-state index in [9.17, 15) is 14.4 Å². The predicted octanol–water partition coefficient (Wildman–Crippen LogP) is 2.66. The number of amides is 1. The number of carbonyl (C=O) groups is 1. The Morgan fingerprint density at radius 1 is 1.15 bits per heavy atom. The molecule has 4 saturated carbocycles. The number of hydrogen-bond acceptors (Lipinski definition) is 5. The standard InChI is InChI=1S/C26H35FN6O/c1-25(6-7-28,33-10-8-32(9-11-33)21-4-2-20(27)3-5-21)23(29)31-22-18-12-17-13-19(22)16-26(14-17,15-18)24(30)34/h2-5,17-19,22H,6,8-16H2,1H3,(H2,29,31)(H2,30,34). The fourth-order valence-corrected chi connectivity index (χ4v) is 7.44. The molecule has 4 aliphatic carbocycles. The molecule has 1 amide bonds. The molecule has 1 aliphatic heterocycles. The van der Waals surface area contributed by atoms with Crippen molar-refractivity contribution < 1.29 is 9.18 Å². The minimum atomic E-state index is -0.639. The largest absolute Gasteiger partial charge is 0.386 e. The number of amidine groups is 1. The second-order valence-corrected chi connectivity index (χ2v) is 11.2. The van der Waals surface area contributed by atoms with Gasteiger partial charge in [0.1, 0.15) is 11.7 Å². The number of hydrogen-bond donors (Lipinski definition) is 2. The molecule has 0 aromatic heterocycles. The van der Waals surface area contributed by atoms with Crippen LogP contribution in [0.4, 0.5) is 10.1 Å². The van der Waals surface area contributed by atoms with Crippen LogP contribution in [0.15, 0.2) is 29.3 Å². The molecule has 1 heterocycles. The molecule has 4 N–H and O–H groups in total. The fourth-order valence-electron chi connectivity index (χ4n) is 7.44. The molecule has 0 radical (unpaired) electrons. The lowest BCUT2D eigenvalue weighted by Crippen LogP contribution is -2.62. The second-order valence-electron chi connectivity index (χ2n) is 11.2. The van der Waals surface area contributed by atoms with Crippen LogP contribution in [0.3, 0.4) is 0 Å². The maximum Gasteiger partial charge on any atom is 0.223 e. The Morgan fingerprint density at radius 2 is 1.76 bits per heavy atom. The third-order valence-electron chi connectivity index (χ3n) is 9.18. The van der Waals surface area contributed by atoms with Crippen LogP contribution >= 0.6 is 0 Å². The summed E-state index contributed by atoms with van der Waals surface area (Å²) in [7, 11) is 0. The molecule has 34 heavy (non-hydrogen) atoms. The average molecular weight is 467 g/mol. The number of benzene rings is 1. The van der Waals surface area contributed by atoms with Crippen LogP contribution in [0.25, 0.3) is 0 Å². The maximum absolute atomic E-state index is 13.3. The van der Waals surface area contributed by atoms with E-state index in [0.717, 1.165) is 64.0 Å². The van der Waals surface area contributed by atoms with E-state index in [0.29, 0.717) is 23.6 Å². The van der Waals surface area contributed by atoms with Gasteiger partial charge in [-0.3, -0.25) is 14.7 Å². The Morgan fingerprint density at radius 3 is 2.32 bits per heavy atom. The first-order valence-corrected chi connectivity index (χ1v) is 12.5. The molecule has 0 spiro atoms. The first-order chi connectivity index (χ1) is 16.2. The predicted molar refractivity (Wildman–Crippen MR) is 129 cm³/mol. The Balaban J connectivity index is 1.32. The first-order valence-electron chi connectivity index (χ1n) is 12.5. The number of piperazine rings is 1. The lowest BCUT2D eigenvalue weighted by Gasteiger charge is -2.58. The van der Waals surface area contributed by atoms with Gasteiger partial charge in [0.05, 0.1) is 24.1 Å². The van der Waals surface area contributed by atoms with E-state index < -0.39 is 5.54 Å². The van der Waals surface area contributed by atoms with Gasteiger partial charge in [-0.25, -0.2) is 4.39 Å². The summed E-state index contributed by atoms with van der Waals surface area (Å²) in [5, 5.41) is 9.66. The number of halogens is 1. The van der Waals surface area contributed by atoms with Crippen molar-refractivity contribution in [2.75, 3.05) is 31.1 Å². The van der Waals surface area contributed by atoms with Gasteiger partial charge < -0.3 is 16.4 Å². The van der Waals surface area contributed by atoms with Crippen molar-refractivity contribution in [2.24, 2.45) is 39.6 Å². The van der Waals surface area contributed by atoms with E-state index in [2.05, 4.69) is 15.9 Å². The quantitative estimate of drug-likeness (QED) is 0.495. The van der Waals surface area contributed by atoms with Crippen molar-refractivity contribution in [2.45, 2.75) is 57.0 Å². The van der Waals surface area contributed by atoms with E-state index in [-0.39, 0.29) is 29.6 Å². The lowest BCUT2D eigenvalue weighted by molar-refractivity contribution is -0.144. The third kappa shape index (κ3) is 3.84. The summed E-state index contributed by atoms with van der Waals surface area (Å²) in [6.07, 6.45) is 5.04. The molecule has 8 heteroatoms. The molecular weight excluding hydrogens is 431 g/mol. The van der Waals surface area contributed by atoms with Crippen LogP contribution in [0.2, 0.25) is 0 Å². The minimum Gasteiger partial charge on any atom is -0.386 e. The molecule has 1 aromatic rings. The van der Waals surface area contributed by atoms with Gasteiger partial charge in [0, 0.05) is 37.3 Å². The Bertz CT molecular complexity index is 995. The van der Waals surface area contributed by atoms with Gasteiger partial charge in [-0.2, -0.15) is 5.26 Å². The summed E-state index contributed by atoms with van der Waals surface area (Å²) < 4.78 is 13.3. The molecule has 1 saturated heterocycles. The smallest absolute Gasteiger partial charge is 0.223 e. The average Bonchev–Trinajstić information content (AvgIpc) is 2.81. The van der Waals surface area contributed by atoms with Crippen molar-refractivity contribution in [3.05, 3.63) is 30.1 Å². The van der Waals surface area contributed by atoms with Gasteiger partial charge in [-0.05, 0) is 81.0 Å². The molecule has 3 atom stereocenters. The number of nitrogens with zero attached hydrogens (tertiary/aromatic N) is 4. The molecule has 3 unspecified atom stereocenters. The van der Waals surface area contributed by atoms with Crippen LogP contribution in [0.5, 0.6) is 0 Å². The molecule has 5 fully saturated rings. The Labute approximate surface area is 201 Å². The van der Waals surface area contributed by atoms with Gasteiger partial charge in [0.2, 0.25) is 5.91 Å². The number of nitriles is 1. The van der Waals surface area contributed by atoms with Crippen molar-refractivity contribution in [1.82, 2.24) is 4.90 Å². The normalized spacial score (nSPS) is 35.1. The molecular formula is C26H35FN6O. The maximum atomic E-state index is 13.3. The highest BCUT2D eigenvalue weighted by Crippen LogP contribution is 2.60. The van der Waals surface area contributed by atoms with E-state index in [1.165, 1.54) is 12.1 Å². The summed E-state index contributed by atoms with van der Waals surface area (Å²) >= 11 is 0. The number of carbonyl (C=O) groups excluding carboxylic acids is 1. The van der Waals surface area contributed by atoms with Gasteiger partial charge >= 0.3 is 0 Å². The zero-order chi connectivity index (χ0) is 24.1. The SMILES string of the molecule is CC(CC#N)(C(N)=NC1C2CC3CC1CC(C(N)=O)(C3)C2)N1CCN(c2ccc(F)cc2)CC1. The fraction of sp³-hybridized carbons (Fsp3) is 0.654. The summed E-state index contributed by atoms with van der Waals surface area (Å²) in [6.45, 7) is 5.07. The van der Waals surface area contributed by atoms with Gasteiger partial charge in [-0.15, -0.1) is 0 Å². The first kappa shape index (κ1) is 23.1. The van der Waals surface area contributed by atoms with Crippen LogP contribution in [-0.4, -0.2) is 54.4 Å².